The Morgan fingerprint density at radius 3 is 2.11 bits per heavy atom. The van der Waals surface area contributed by atoms with Gasteiger partial charge in [0.25, 0.3) is 0 Å². The van der Waals surface area contributed by atoms with Crippen LogP contribution in [0, 0.1) is 0 Å². The van der Waals surface area contributed by atoms with E-state index in [-0.39, 0.29) is 24.6 Å². The lowest BCUT2D eigenvalue weighted by atomic mass is 10.0. The van der Waals surface area contributed by atoms with Crippen molar-refractivity contribution in [1.29, 1.82) is 0 Å². The van der Waals surface area contributed by atoms with Crippen molar-refractivity contribution in [2.45, 2.75) is 19.0 Å². The number of carbonyl (C=O) groups excluding carboxylic acids is 2. The number of ether oxygens (including phenoxy) is 2. The molecule has 3 aromatic carbocycles. The van der Waals surface area contributed by atoms with Crippen molar-refractivity contribution >= 4 is 27.5 Å². The maximum atomic E-state index is 13.9. The first-order chi connectivity index (χ1) is 18.3. The number of hydrogen-bond acceptors (Lipinski definition) is 6. The molecule has 0 bridgehead atoms. The Balaban J connectivity index is 1.69. The van der Waals surface area contributed by atoms with Crippen LogP contribution in [0.2, 0.25) is 0 Å². The number of benzene rings is 3. The molecular formula is C28H31N3O6S. The number of hydrogen-bond donors (Lipinski definition) is 1. The van der Waals surface area contributed by atoms with Crippen LogP contribution >= 0.6 is 0 Å². The van der Waals surface area contributed by atoms with Gasteiger partial charge in [0.2, 0.25) is 21.8 Å². The number of rotatable bonds is 10. The molecule has 200 valence electrons. The van der Waals surface area contributed by atoms with E-state index in [2.05, 4.69) is 5.32 Å². The van der Waals surface area contributed by atoms with Gasteiger partial charge in [0.05, 0.1) is 11.9 Å². The van der Waals surface area contributed by atoms with Crippen LogP contribution in [0.15, 0.2) is 78.9 Å². The Labute approximate surface area is 223 Å². The first-order valence-corrected chi connectivity index (χ1v) is 14.1. The molecule has 0 aliphatic carbocycles. The number of anilines is 1. The van der Waals surface area contributed by atoms with Crippen LogP contribution in [-0.4, -0.2) is 64.2 Å². The zero-order valence-corrected chi connectivity index (χ0v) is 22.2. The van der Waals surface area contributed by atoms with Crippen LogP contribution in [0.25, 0.3) is 0 Å². The second-order valence-corrected chi connectivity index (χ2v) is 10.8. The van der Waals surface area contributed by atoms with Crippen LogP contribution in [0.1, 0.15) is 11.1 Å². The van der Waals surface area contributed by atoms with Crippen molar-refractivity contribution in [3.63, 3.8) is 0 Å². The van der Waals surface area contributed by atoms with E-state index in [1.54, 1.807) is 18.2 Å². The third kappa shape index (κ3) is 6.63. The maximum absolute atomic E-state index is 13.9. The highest BCUT2D eigenvalue weighted by molar-refractivity contribution is 7.92. The molecule has 3 aromatic rings. The molecule has 1 atom stereocenters. The van der Waals surface area contributed by atoms with Gasteiger partial charge in [-0.1, -0.05) is 60.7 Å². The van der Waals surface area contributed by atoms with Crippen LogP contribution in [0.4, 0.5) is 5.69 Å². The summed E-state index contributed by atoms with van der Waals surface area (Å²) in [6.45, 7) is 0.376. The van der Waals surface area contributed by atoms with Crippen molar-refractivity contribution in [3.05, 3.63) is 90.0 Å². The lowest BCUT2D eigenvalue weighted by Crippen LogP contribution is -2.52. The summed E-state index contributed by atoms with van der Waals surface area (Å²) >= 11 is 0. The summed E-state index contributed by atoms with van der Waals surface area (Å²) in [6, 6.07) is 22.5. The maximum Gasteiger partial charge on any atom is 0.244 e. The smallest absolute Gasteiger partial charge is 0.244 e. The van der Waals surface area contributed by atoms with E-state index < -0.39 is 28.5 Å². The van der Waals surface area contributed by atoms with Gasteiger partial charge in [-0.15, -0.1) is 0 Å². The minimum absolute atomic E-state index is 0.128. The molecule has 0 unspecified atom stereocenters. The van der Waals surface area contributed by atoms with Crippen LogP contribution in [-0.2, 0) is 32.6 Å². The predicted octanol–water partition coefficient (Wildman–Crippen LogP) is 2.61. The number of fused-ring (bicyclic) bond motifs is 1. The molecule has 1 aliphatic rings. The van der Waals surface area contributed by atoms with Gasteiger partial charge < -0.3 is 19.7 Å². The summed E-state index contributed by atoms with van der Waals surface area (Å²) in [5.74, 6) is 0.0541. The summed E-state index contributed by atoms with van der Waals surface area (Å²) in [5.41, 5.74) is 1.95. The highest BCUT2D eigenvalue weighted by Crippen LogP contribution is 2.34. The van der Waals surface area contributed by atoms with Gasteiger partial charge in [-0.3, -0.25) is 13.9 Å². The number of sulfonamides is 1. The molecule has 0 aromatic heterocycles. The van der Waals surface area contributed by atoms with Gasteiger partial charge in [-0.05, 0) is 23.3 Å². The third-order valence-electron chi connectivity index (χ3n) is 6.21. The average molecular weight is 538 g/mol. The molecule has 2 amide bonds. The van der Waals surface area contributed by atoms with Crippen molar-refractivity contribution in [2.75, 3.05) is 37.4 Å². The number of amides is 2. The van der Waals surface area contributed by atoms with E-state index in [4.69, 9.17) is 9.47 Å². The monoisotopic (exact) mass is 537 g/mol. The second-order valence-electron chi connectivity index (χ2n) is 8.92. The van der Waals surface area contributed by atoms with Crippen molar-refractivity contribution in [2.24, 2.45) is 0 Å². The van der Waals surface area contributed by atoms with Gasteiger partial charge in [0, 0.05) is 26.1 Å². The number of nitrogens with zero attached hydrogens (tertiary/aromatic N) is 2. The average Bonchev–Trinajstić information content (AvgIpc) is 2.93. The Morgan fingerprint density at radius 1 is 0.895 bits per heavy atom. The number of carbonyl (C=O) groups is 2. The SMILES string of the molecule is CNC(=O)[C@H](Cc1ccccc1)N(Cc1ccccc1)C(=O)CN(c1ccc2c(c1)OCCO2)S(C)(=O)=O. The molecule has 0 saturated heterocycles. The normalized spacial score (nSPS) is 13.3. The molecule has 4 rings (SSSR count). The van der Waals surface area contributed by atoms with Crippen LogP contribution in [0.5, 0.6) is 11.5 Å². The van der Waals surface area contributed by atoms with E-state index in [9.17, 15) is 18.0 Å². The Bertz CT molecular complexity index is 1370. The van der Waals surface area contributed by atoms with Crippen LogP contribution < -0.4 is 19.1 Å². The first kappa shape index (κ1) is 27.0. The van der Waals surface area contributed by atoms with Gasteiger partial charge >= 0.3 is 0 Å². The molecular weight excluding hydrogens is 506 g/mol. The van der Waals surface area contributed by atoms with E-state index in [0.29, 0.717) is 24.7 Å². The minimum atomic E-state index is -3.87. The summed E-state index contributed by atoms with van der Waals surface area (Å²) in [4.78, 5) is 28.4. The Morgan fingerprint density at radius 2 is 1.50 bits per heavy atom. The molecule has 0 fully saturated rings. The summed E-state index contributed by atoms with van der Waals surface area (Å²) in [6.07, 6.45) is 1.31. The summed E-state index contributed by atoms with van der Waals surface area (Å²) in [7, 11) is -2.35. The summed E-state index contributed by atoms with van der Waals surface area (Å²) in [5, 5.41) is 2.66. The van der Waals surface area contributed by atoms with Crippen LogP contribution in [0.3, 0.4) is 0 Å². The molecule has 0 radical (unpaired) electrons. The first-order valence-electron chi connectivity index (χ1n) is 12.2. The minimum Gasteiger partial charge on any atom is -0.486 e. The molecule has 0 saturated carbocycles. The lowest BCUT2D eigenvalue weighted by molar-refractivity contribution is -0.139. The summed E-state index contributed by atoms with van der Waals surface area (Å²) < 4.78 is 37.9. The van der Waals surface area contributed by atoms with Crippen molar-refractivity contribution in [3.8, 4) is 11.5 Å². The lowest BCUT2D eigenvalue weighted by Gasteiger charge is -2.33. The topological polar surface area (TPSA) is 105 Å². The molecule has 38 heavy (non-hydrogen) atoms. The van der Waals surface area contributed by atoms with E-state index in [1.165, 1.54) is 11.9 Å². The fraction of sp³-hybridized carbons (Fsp3) is 0.286. The van der Waals surface area contributed by atoms with E-state index in [1.807, 2.05) is 60.7 Å². The standard InChI is InChI=1S/C28H31N3O6S/c1-29-28(33)24(17-21-9-5-3-6-10-21)30(19-22-11-7-4-8-12-22)27(32)20-31(38(2,34)35)23-13-14-25-26(18-23)37-16-15-36-25/h3-14,18,24H,15-17,19-20H2,1-2H3,(H,29,33)/t24-/m0/s1. The molecule has 0 spiro atoms. The van der Waals surface area contributed by atoms with Gasteiger partial charge in [0.15, 0.2) is 11.5 Å². The fourth-order valence-corrected chi connectivity index (χ4v) is 5.14. The highest BCUT2D eigenvalue weighted by atomic mass is 32.2. The van der Waals surface area contributed by atoms with Gasteiger partial charge in [-0.25, -0.2) is 8.42 Å². The molecule has 1 heterocycles. The van der Waals surface area contributed by atoms with Crippen molar-refractivity contribution in [1.82, 2.24) is 10.2 Å². The second kappa shape index (κ2) is 12.0. The molecule has 1 N–H and O–H groups in total. The highest BCUT2D eigenvalue weighted by Gasteiger charge is 2.33. The zero-order chi connectivity index (χ0) is 27.1. The molecule has 10 heteroatoms. The fourth-order valence-electron chi connectivity index (χ4n) is 4.30. The Kier molecular flexibility index (Phi) is 8.52. The van der Waals surface area contributed by atoms with Gasteiger partial charge in [-0.2, -0.15) is 0 Å². The quantitative estimate of drug-likeness (QED) is 0.426. The van der Waals surface area contributed by atoms with Gasteiger partial charge in [0.1, 0.15) is 25.8 Å². The Hall–Kier alpha value is -4.05. The zero-order valence-electron chi connectivity index (χ0n) is 21.4. The van der Waals surface area contributed by atoms with Crippen molar-refractivity contribution < 1.29 is 27.5 Å². The predicted molar refractivity (Wildman–Crippen MR) is 145 cm³/mol. The molecule has 1 aliphatic heterocycles. The largest absolute Gasteiger partial charge is 0.486 e. The number of likely N-dealkylation sites (N-methyl/N-ethyl adjacent to an activating group) is 1. The third-order valence-corrected chi connectivity index (χ3v) is 7.35. The number of nitrogens with one attached hydrogen (secondary N) is 1. The van der Waals surface area contributed by atoms with E-state index >= 15 is 0 Å². The molecule has 9 nitrogen and oxygen atoms in total. The van der Waals surface area contributed by atoms with E-state index in [0.717, 1.165) is 21.7 Å².